The number of carbonyl (C=O) groups excluding carboxylic acids is 4. The lowest BCUT2D eigenvalue weighted by Gasteiger charge is -2.21. The fourth-order valence-corrected chi connectivity index (χ4v) is 14.9. The number of carbonyl (C=O) groups is 4. The Morgan fingerprint density at radius 3 is 0.824 bits per heavy atom. The van der Waals surface area contributed by atoms with Crippen LogP contribution in [0.3, 0.4) is 0 Å². The van der Waals surface area contributed by atoms with E-state index in [1.165, 1.54) is 238 Å². The highest BCUT2D eigenvalue weighted by Gasteiger charge is 2.30. The van der Waals surface area contributed by atoms with Crippen molar-refractivity contribution < 1.29 is 80.2 Å². The van der Waals surface area contributed by atoms with E-state index in [0.29, 0.717) is 31.6 Å². The average Bonchev–Trinajstić information content (AvgIpc) is 0.900. The zero-order chi connectivity index (χ0) is 79.3. The molecule has 108 heavy (non-hydrogen) atoms. The molecule has 0 rings (SSSR count). The summed E-state index contributed by atoms with van der Waals surface area (Å²) in [7, 11) is -9.94. The Bertz CT molecular complexity index is 2180. The van der Waals surface area contributed by atoms with Crippen LogP contribution in [-0.2, 0) is 65.4 Å². The predicted molar refractivity (Wildman–Crippen MR) is 446 cm³/mol. The maximum absolute atomic E-state index is 13.2. The normalized spacial score (nSPS) is 14.2. The third-order valence-corrected chi connectivity index (χ3v) is 22.5. The molecule has 0 bridgehead atoms. The lowest BCUT2D eigenvalue weighted by molar-refractivity contribution is -0.161. The summed E-state index contributed by atoms with van der Waals surface area (Å²) in [6.07, 6.45) is 73.2. The van der Waals surface area contributed by atoms with Gasteiger partial charge < -0.3 is 33.8 Å². The summed E-state index contributed by atoms with van der Waals surface area (Å²) >= 11 is 0. The first-order chi connectivity index (χ1) is 52.3. The number of hydrogen-bond acceptors (Lipinski definition) is 15. The first kappa shape index (κ1) is 106. The van der Waals surface area contributed by atoms with Crippen molar-refractivity contribution in [3.05, 3.63) is 24.3 Å². The molecule has 638 valence electrons. The molecule has 0 aromatic heterocycles. The predicted octanol–water partition coefficient (Wildman–Crippen LogP) is 26.8. The average molecular weight is 1570 g/mol. The van der Waals surface area contributed by atoms with Gasteiger partial charge in [-0.1, -0.05) is 394 Å². The largest absolute Gasteiger partial charge is 0.472 e. The molecule has 0 aliphatic heterocycles. The molecule has 19 heteroatoms. The Hall–Kier alpha value is -2.46. The monoisotopic (exact) mass is 1570 g/mol. The minimum absolute atomic E-state index is 0.0844. The van der Waals surface area contributed by atoms with Gasteiger partial charge in [0.15, 0.2) is 12.2 Å². The second-order valence-corrected chi connectivity index (χ2v) is 35.4. The van der Waals surface area contributed by atoms with E-state index >= 15 is 0 Å². The van der Waals surface area contributed by atoms with E-state index in [-0.39, 0.29) is 25.7 Å². The van der Waals surface area contributed by atoms with E-state index in [4.69, 9.17) is 37.0 Å². The summed E-state index contributed by atoms with van der Waals surface area (Å²) < 4.78 is 68.9. The highest BCUT2D eigenvalue weighted by Crippen LogP contribution is 2.45. The highest BCUT2D eigenvalue weighted by atomic mass is 31.2. The van der Waals surface area contributed by atoms with Gasteiger partial charge in [-0.15, -0.1) is 0 Å². The molecule has 0 aliphatic carbocycles. The molecule has 0 aromatic carbocycles. The Balaban J connectivity index is 5.24. The van der Waals surface area contributed by atoms with Crippen LogP contribution < -0.4 is 0 Å². The molecule has 4 unspecified atom stereocenters. The lowest BCUT2D eigenvalue weighted by Crippen LogP contribution is -2.30. The van der Waals surface area contributed by atoms with Crippen molar-refractivity contribution in [1.29, 1.82) is 0 Å². The van der Waals surface area contributed by atoms with Crippen LogP contribution in [0.15, 0.2) is 24.3 Å². The summed E-state index contributed by atoms with van der Waals surface area (Å²) in [5.74, 6) is 0.260. The maximum Gasteiger partial charge on any atom is 0.472 e. The number of phosphoric ester groups is 2. The Kier molecular flexibility index (Phi) is 76.6. The van der Waals surface area contributed by atoms with Gasteiger partial charge >= 0.3 is 39.5 Å². The molecule has 0 aliphatic rings. The number of ether oxygens (including phenoxy) is 4. The molecule has 0 fully saturated rings. The van der Waals surface area contributed by atoms with Crippen molar-refractivity contribution >= 4 is 39.5 Å². The summed E-state index contributed by atoms with van der Waals surface area (Å²) in [6, 6.07) is 0. The third kappa shape index (κ3) is 80.2. The van der Waals surface area contributed by atoms with E-state index in [1.807, 2.05) is 0 Å². The zero-order valence-electron chi connectivity index (χ0n) is 70.8. The van der Waals surface area contributed by atoms with Crippen LogP contribution in [0.25, 0.3) is 0 Å². The van der Waals surface area contributed by atoms with Crippen LogP contribution >= 0.6 is 15.6 Å². The van der Waals surface area contributed by atoms with E-state index in [9.17, 15) is 43.2 Å². The number of aliphatic hydroxyl groups excluding tert-OH is 1. The molecule has 6 atom stereocenters. The number of esters is 4. The van der Waals surface area contributed by atoms with Crippen molar-refractivity contribution in [2.75, 3.05) is 39.6 Å². The van der Waals surface area contributed by atoms with E-state index in [1.54, 1.807) is 0 Å². The van der Waals surface area contributed by atoms with Gasteiger partial charge in [0, 0.05) is 25.7 Å². The Labute approximate surface area is 663 Å². The van der Waals surface area contributed by atoms with Crippen LogP contribution in [0, 0.1) is 17.8 Å². The van der Waals surface area contributed by atoms with Crippen molar-refractivity contribution in [2.45, 2.75) is 465 Å². The van der Waals surface area contributed by atoms with E-state index in [2.05, 4.69) is 72.8 Å². The SMILES string of the molecule is CCCCCC/C=C\C=C/CCCCCCCC(=O)O[C@H](COC(=O)CCCCCCCCCC(C)C)COP(=O)(O)OCC(O)COP(=O)(O)OC[C@@H](COC(=O)CCCCCCCCCCCCCCCCCCCCC(C)C)OC(=O)CCCCCCCCCCCCCCCCCCCCC(C)CC. The molecular formula is C89H170O17P2. The number of rotatable bonds is 85. The molecular weight excluding hydrogens is 1400 g/mol. The topological polar surface area (TPSA) is 237 Å². The van der Waals surface area contributed by atoms with Gasteiger partial charge in [0.2, 0.25) is 0 Å². The maximum atomic E-state index is 13.2. The lowest BCUT2D eigenvalue weighted by atomic mass is 9.99. The molecule has 3 N–H and O–H groups in total. The molecule has 0 saturated carbocycles. The molecule has 0 heterocycles. The van der Waals surface area contributed by atoms with Crippen molar-refractivity contribution in [1.82, 2.24) is 0 Å². The van der Waals surface area contributed by atoms with Gasteiger partial charge in [-0.05, 0) is 69.1 Å². The molecule has 17 nitrogen and oxygen atoms in total. The summed E-state index contributed by atoms with van der Waals surface area (Å²) in [5, 5.41) is 10.7. The molecule has 0 aromatic rings. The van der Waals surface area contributed by atoms with Gasteiger partial charge in [0.25, 0.3) is 0 Å². The number of unbranched alkanes of at least 4 members (excludes halogenated alkanes) is 49. The van der Waals surface area contributed by atoms with Crippen molar-refractivity contribution in [2.24, 2.45) is 17.8 Å². The van der Waals surface area contributed by atoms with Crippen molar-refractivity contribution in [3.63, 3.8) is 0 Å². The Morgan fingerprint density at radius 1 is 0.306 bits per heavy atom. The quantitative estimate of drug-likeness (QED) is 0.0169. The summed E-state index contributed by atoms with van der Waals surface area (Å²) in [5.41, 5.74) is 0. The van der Waals surface area contributed by atoms with Gasteiger partial charge in [-0.25, -0.2) is 9.13 Å². The molecule has 0 spiro atoms. The number of aliphatic hydroxyl groups is 1. The van der Waals surface area contributed by atoms with Crippen molar-refractivity contribution in [3.8, 4) is 0 Å². The van der Waals surface area contributed by atoms with Gasteiger partial charge in [0.1, 0.15) is 19.3 Å². The van der Waals surface area contributed by atoms with Gasteiger partial charge in [-0.2, -0.15) is 0 Å². The second kappa shape index (κ2) is 78.4. The van der Waals surface area contributed by atoms with Crippen LogP contribution in [0.5, 0.6) is 0 Å². The minimum Gasteiger partial charge on any atom is -0.462 e. The minimum atomic E-state index is -4.97. The third-order valence-electron chi connectivity index (χ3n) is 20.6. The summed E-state index contributed by atoms with van der Waals surface area (Å²) in [6.45, 7) is 12.0. The van der Waals surface area contributed by atoms with Gasteiger partial charge in [0.05, 0.1) is 26.4 Å². The Morgan fingerprint density at radius 2 is 0.546 bits per heavy atom. The van der Waals surface area contributed by atoms with E-state index in [0.717, 1.165) is 121 Å². The summed E-state index contributed by atoms with van der Waals surface area (Å²) in [4.78, 5) is 73.2. The van der Waals surface area contributed by atoms with Gasteiger partial charge in [-0.3, -0.25) is 37.3 Å². The van der Waals surface area contributed by atoms with Crippen LogP contribution in [-0.4, -0.2) is 96.7 Å². The second-order valence-electron chi connectivity index (χ2n) is 32.5. The zero-order valence-corrected chi connectivity index (χ0v) is 72.6. The van der Waals surface area contributed by atoms with Crippen LogP contribution in [0.1, 0.15) is 447 Å². The molecule has 0 amide bonds. The smallest absolute Gasteiger partial charge is 0.462 e. The molecule has 0 saturated heterocycles. The number of allylic oxidation sites excluding steroid dienone is 4. The first-order valence-corrected chi connectivity index (χ1v) is 48.2. The molecule has 0 radical (unpaired) electrons. The van der Waals surface area contributed by atoms with Crippen LogP contribution in [0.2, 0.25) is 0 Å². The number of phosphoric acid groups is 2. The first-order valence-electron chi connectivity index (χ1n) is 45.2. The number of hydrogen-bond donors (Lipinski definition) is 3. The van der Waals surface area contributed by atoms with E-state index < -0.39 is 97.5 Å². The van der Waals surface area contributed by atoms with Crippen LogP contribution in [0.4, 0.5) is 0 Å². The fraction of sp³-hybridized carbons (Fsp3) is 0.910. The standard InChI is InChI=1S/C89H170O17P2/c1-8-10-11-12-13-14-15-16-25-33-38-43-50-58-65-72-89(94)106-85(77-100-87(92)71-64-57-52-45-47-54-61-68-81(5)6)79-104-108(97,98)102-75-83(90)74-101-107(95,96)103-78-84(76-99-86(91)70-63-56-49-42-37-32-28-23-19-17-21-26-30-35-40-46-53-60-67-80(3)4)105-88(93)73-66-59-51-44-39-34-29-24-20-18-22-27-31-36-41-48-55-62-69-82(7)9-2/h14-16,25,80-85,90H,8-13,17-24,26-79H2,1-7H3,(H,95,96)(H,97,98)/b15-14-,25-16-/t82?,83?,84-,85-/m1/s1. The highest BCUT2D eigenvalue weighted by molar-refractivity contribution is 7.47. The fourth-order valence-electron chi connectivity index (χ4n) is 13.3.